The second-order valence-corrected chi connectivity index (χ2v) is 19.2. The van der Waals surface area contributed by atoms with Crippen LogP contribution in [0.2, 0.25) is 0 Å². The Labute approximate surface area is 389 Å². The largest absolute Gasteiger partial charge is 0.477 e. The van der Waals surface area contributed by atoms with Crippen molar-refractivity contribution >= 4 is 17.9 Å². The van der Waals surface area contributed by atoms with Crippen molar-refractivity contribution in [2.45, 2.75) is 257 Å². The lowest BCUT2D eigenvalue weighted by molar-refractivity contribution is -0.887. The number of hydrogen-bond acceptors (Lipinski definition) is 6. The lowest BCUT2D eigenvalue weighted by Crippen LogP contribution is -2.50. The third-order valence-electron chi connectivity index (χ3n) is 12.0. The van der Waals surface area contributed by atoms with Crippen molar-refractivity contribution in [1.29, 1.82) is 0 Å². The number of carboxylic acids is 1. The van der Waals surface area contributed by atoms with E-state index in [0.717, 1.165) is 38.5 Å². The molecule has 368 valence electrons. The highest BCUT2D eigenvalue weighted by Crippen LogP contribution is 2.16. The summed E-state index contributed by atoms with van der Waals surface area (Å²) in [6.07, 6.45) is 54.8. The summed E-state index contributed by atoms with van der Waals surface area (Å²) in [5.41, 5.74) is 0. The number of carbonyl (C=O) groups is 3. The number of likely N-dealkylation sites (N-methyl/N-ethyl adjacent to an activating group) is 1. The van der Waals surface area contributed by atoms with Crippen LogP contribution in [0, 0.1) is 0 Å². The van der Waals surface area contributed by atoms with Crippen molar-refractivity contribution in [3.8, 4) is 0 Å². The van der Waals surface area contributed by atoms with E-state index in [0.29, 0.717) is 19.3 Å². The molecule has 0 rings (SSSR count). The SMILES string of the molecule is CCCCC/C=C/C=C/CCCCCCCCCCCCC(=O)OCC(COCCC(C(=O)O)[N+](C)(C)C)OC(=O)CCCCCCCCC/C=C/CCCCCCCCCCC. The molecular formula is C55H102NO7+. The molecular weight excluding hydrogens is 787 g/mol. The van der Waals surface area contributed by atoms with Crippen LogP contribution in [0.25, 0.3) is 0 Å². The molecule has 0 aromatic carbocycles. The lowest BCUT2D eigenvalue weighted by atomic mass is 10.1. The Bertz CT molecular complexity index is 1130. The second-order valence-electron chi connectivity index (χ2n) is 19.2. The highest BCUT2D eigenvalue weighted by atomic mass is 16.6. The zero-order chi connectivity index (χ0) is 46.3. The average molecular weight is 889 g/mol. The summed E-state index contributed by atoms with van der Waals surface area (Å²) >= 11 is 0. The van der Waals surface area contributed by atoms with Crippen molar-refractivity contribution in [1.82, 2.24) is 0 Å². The summed E-state index contributed by atoms with van der Waals surface area (Å²) in [6, 6.07) is -0.616. The van der Waals surface area contributed by atoms with Gasteiger partial charge in [-0.15, -0.1) is 0 Å². The molecule has 0 heterocycles. The number of aliphatic carboxylic acids is 1. The lowest BCUT2D eigenvalue weighted by Gasteiger charge is -2.31. The third kappa shape index (κ3) is 44.5. The summed E-state index contributed by atoms with van der Waals surface area (Å²) in [7, 11) is 5.54. The van der Waals surface area contributed by atoms with Gasteiger partial charge in [-0.2, -0.15) is 0 Å². The summed E-state index contributed by atoms with van der Waals surface area (Å²) in [5, 5.41) is 9.66. The predicted molar refractivity (Wildman–Crippen MR) is 266 cm³/mol. The molecule has 0 spiro atoms. The Morgan fingerprint density at radius 2 is 0.841 bits per heavy atom. The normalized spacial score (nSPS) is 13.1. The fourth-order valence-electron chi connectivity index (χ4n) is 7.90. The first-order valence-electron chi connectivity index (χ1n) is 26.5. The van der Waals surface area contributed by atoms with E-state index in [1.807, 2.05) is 21.1 Å². The Hall–Kier alpha value is -2.45. The van der Waals surface area contributed by atoms with E-state index >= 15 is 0 Å². The molecule has 0 radical (unpaired) electrons. The Morgan fingerprint density at radius 1 is 0.476 bits per heavy atom. The van der Waals surface area contributed by atoms with E-state index < -0.39 is 18.1 Å². The topological polar surface area (TPSA) is 99.1 Å². The summed E-state index contributed by atoms with van der Waals surface area (Å²) in [4.78, 5) is 37.2. The van der Waals surface area contributed by atoms with Crippen LogP contribution in [0.1, 0.15) is 245 Å². The van der Waals surface area contributed by atoms with Crippen molar-refractivity contribution < 1.29 is 38.2 Å². The minimum absolute atomic E-state index is 0.0524. The van der Waals surface area contributed by atoms with Gasteiger partial charge in [0.15, 0.2) is 12.1 Å². The van der Waals surface area contributed by atoms with Gasteiger partial charge in [-0.25, -0.2) is 4.79 Å². The van der Waals surface area contributed by atoms with Gasteiger partial charge in [0, 0.05) is 19.3 Å². The third-order valence-corrected chi connectivity index (χ3v) is 12.0. The van der Waals surface area contributed by atoms with Gasteiger partial charge in [0.2, 0.25) is 0 Å². The quantitative estimate of drug-likeness (QED) is 0.0214. The van der Waals surface area contributed by atoms with Gasteiger partial charge in [0.05, 0.1) is 34.4 Å². The monoisotopic (exact) mass is 889 g/mol. The second kappa shape index (κ2) is 46.1. The average Bonchev–Trinajstić information content (AvgIpc) is 3.24. The number of hydrogen-bond donors (Lipinski definition) is 1. The molecule has 8 nitrogen and oxygen atoms in total. The minimum atomic E-state index is -0.874. The maximum absolute atomic E-state index is 12.8. The first kappa shape index (κ1) is 60.5. The van der Waals surface area contributed by atoms with Crippen LogP contribution in [0.15, 0.2) is 36.5 Å². The molecule has 2 unspecified atom stereocenters. The molecule has 0 amide bonds. The van der Waals surface area contributed by atoms with E-state index in [1.165, 1.54) is 173 Å². The number of rotatable bonds is 48. The number of ether oxygens (including phenoxy) is 3. The molecule has 0 aliphatic carbocycles. The molecule has 0 aromatic rings. The molecule has 0 aliphatic heterocycles. The molecule has 8 heteroatoms. The van der Waals surface area contributed by atoms with Crippen LogP contribution in [0.5, 0.6) is 0 Å². The number of carboxylic acid groups (broad SMARTS) is 1. The van der Waals surface area contributed by atoms with E-state index in [9.17, 15) is 19.5 Å². The highest BCUT2D eigenvalue weighted by molar-refractivity contribution is 5.72. The summed E-state index contributed by atoms with van der Waals surface area (Å²) in [5.74, 6) is -1.46. The molecule has 0 aromatic heterocycles. The van der Waals surface area contributed by atoms with Crippen LogP contribution < -0.4 is 0 Å². The highest BCUT2D eigenvalue weighted by Gasteiger charge is 2.31. The Morgan fingerprint density at radius 3 is 1.27 bits per heavy atom. The van der Waals surface area contributed by atoms with Gasteiger partial charge in [0.1, 0.15) is 6.61 Å². The van der Waals surface area contributed by atoms with Gasteiger partial charge >= 0.3 is 17.9 Å². The van der Waals surface area contributed by atoms with Gasteiger partial charge in [-0.05, 0) is 64.2 Å². The van der Waals surface area contributed by atoms with Crippen LogP contribution in [0.4, 0.5) is 0 Å². The van der Waals surface area contributed by atoms with E-state index in [4.69, 9.17) is 14.2 Å². The smallest absolute Gasteiger partial charge is 0.362 e. The number of unbranched alkanes of at least 4 members (excludes halogenated alkanes) is 29. The fourth-order valence-corrected chi connectivity index (χ4v) is 7.90. The van der Waals surface area contributed by atoms with Crippen LogP contribution in [-0.4, -0.2) is 80.6 Å². The van der Waals surface area contributed by atoms with E-state index in [-0.39, 0.29) is 36.2 Å². The summed E-state index contributed by atoms with van der Waals surface area (Å²) < 4.78 is 17.4. The predicted octanol–water partition coefficient (Wildman–Crippen LogP) is 15.4. The van der Waals surface area contributed by atoms with Crippen molar-refractivity contribution in [2.24, 2.45) is 0 Å². The molecule has 0 bridgehead atoms. The molecule has 0 saturated carbocycles. The van der Waals surface area contributed by atoms with Gasteiger partial charge in [0.25, 0.3) is 0 Å². The van der Waals surface area contributed by atoms with Gasteiger partial charge < -0.3 is 23.8 Å². The van der Waals surface area contributed by atoms with E-state index in [1.54, 1.807) is 0 Å². The van der Waals surface area contributed by atoms with Crippen molar-refractivity contribution in [3.05, 3.63) is 36.5 Å². The first-order chi connectivity index (χ1) is 30.6. The number of allylic oxidation sites excluding steroid dienone is 6. The molecule has 2 atom stereocenters. The number of carbonyl (C=O) groups excluding carboxylic acids is 2. The molecule has 1 N–H and O–H groups in total. The molecule has 0 aliphatic rings. The van der Waals surface area contributed by atoms with Crippen molar-refractivity contribution in [2.75, 3.05) is 41.0 Å². The van der Waals surface area contributed by atoms with Crippen LogP contribution >= 0.6 is 0 Å². The molecule has 0 fully saturated rings. The standard InChI is InChI=1S/C55H101NO7/c1-6-8-10-12-14-16-18-20-22-24-26-28-30-32-34-36-38-40-42-44-46-54(58)63-51(49-61-48-47-52(55(59)60)56(3,4)5)50-62-53(57)45-43-41-39-37-35-33-31-29-27-25-23-21-19-17-15-13-11-9-7-2/h15,17,19,21,26,28,51-52H,6-14,16,18,20,22-25,27,29-50H2,1-5H3/p+1/b17-15+,21-19+,28-26+. The van der Waals surface area contributed by atoms with Crippen molar-refractivity contribution in [3.63, 3.8) is 0 Å². The maximum Gasteiger partial charge on any atom is 0.362 e. The fraction of sp³-hybridized carbons (Fsp3) is 0.836. The maximum atomic E-state index is 12.8. The van der Waals surface area contributed by atoms with Crippen LogP contribution in [-0.2, 0) is 28.6 Å². The van der Waals surface area contributed by atoms with Gasteiger partial charge in [-0.1, -0.05) is 198 Å². The number of nitrogens with zero attached hydrogens (tertiary/aromatic N) is 1. The van der Waals surface area contributed by atoms with Crippen LogP contribution in [0.3, 0.4) is 0 Å². The zero-order valence-corrected chi connectivity index (χ0v) is 42.0. The number of esters is 2. The first-order valence-corrected chi connectivity index (χ1v) is 26.5. The number of quaternary nitrogens is 1. The Balaban J connectivity index is 4.23. The molecule has 63 heavy (non-hydrogen) atoms. The summed E-state index contributed by atoms with van der Waals surface area (Å²) in [6.45, 7) is 4.73. The minimum Gasteiger partial charge on any atom is -0.477 e. The molecule has 0 saturated heterocycles. The Kier molecular flexibility index (Phi) is 44.3. The zero-order valence-electron chi connectivity index (χ0n) is 42.0. The van der Waals surface area contributed by atoms with E-state index in [2.05, 4.69) is 50.3 Å². The van der Waals surface area contributed by atoms with Gasteiger partial charge in [-0.3, -0.25) is 9.59 Å².